The third-order valence-corrected chi connectivity index (χ3v) is 7.97. The van der Waals surface area contributed by atoms with Gasteiger partial charge in [0.2, 0.25) is 15.9 Å². The number of nitrogens with one attached hydrogen (secondary N) is 1. The highest BCUT2D eigenvalue weighted by Gasteiger charge is 2.29. The molecule has 2 aromatic carbocycles. The number of carbonyl (C=O) groups is 1. The van der Waals surface area contributed by atoms with Gasteiger partial charge >= 0.3 is 0 Å². The molecule has 1 aliphatic rings. The van der Waals surface area contributed by atoms with Crippen LogP contribution in [0.5, 0.6) is 11.5 Å². The fourth-order valence-corrected chi connectivity index (χ4v) is 5.38. The number of amides is 1. The van der Waals surface area contributed by atoms with E-state index in [1.54, 1.807) is 31.4 Å². The Bertz CT molecular complexity index is 1040. The summed E-state index contributed by atoms with van der Waals surface area (Å²) in [5.74, 6) is 1.39. The van der Waals surface area contributed by atoms with Crippen molar-refractivity contribution in [1.82, 2.24) is 9.62 Å². The second-order valence-electron chi connectivity index (χ2n) is 9.65. The number of methoxy groups -OCH3 is 1. The van der Waals surface area contributed by atoms with E-state index in [1.165, 1.54) is 9.87 Å². The van der Waals surface area contributed by atoms with Gasteiger partial charge in [0.1, 0.15) is 11.5 Å². The van der Waals surface area contributed by atoms with Gasteiger partial charge in [-0.05, 0) is 66.6 Å². The molecule has 0 bridgehead atoms. The van der Waals surface area contributed by atoms with Crippen molar-refractivity contribution in [3.63, 3.8) is 0 Å². The lowest BCUT2D eigenvalue weighted by molar-refractivity contribution is -0.122. The van der Waals surface area contributed by atoms with Crippen molar-refractivity contribution in [1.29, 1.82) is 0 Å². The van der Waals surface area contributed by atoms with Gasteiger partial charge in [-0.15, -0.1) is 0 Å². The van der Waals surface area contributed by atoms with Crippen LogP contribution in [0.15, 0.2) is 53.4 Å². The van der Waals surface area contributed by atoms with Crippen molar-refractivity contribution >= 4 is 15.9 Å². The molecule has 0 unspecified atom stereocenters. The van der Waals surface area contributed by atoms with Crippen LogP contribution in [-0.2, 0) is 20.2 Å². The monoisotopic (exact) mass is 488 g/mol. The summed E-state index contributed by atoms with van der Waals surface area (Å²) in [7, 11) is -2.00. The van der Waals surface area contributed by atoms with Crippen LogP contribution in [0.4, 0.5) is 0 Å². The molecular formula is C26H36N2O5S. The number of hydrogen-bond donors (Lipinski definition) is 1. The Morgan fingerprint density at radius 1 is 1.00 bits per heavy atom. The fourth-order valence-electron chi connectivity index (χ4n) is 3.91. The van der Waals surface area contributed by atoms with Crippen LogP contribution in [0.1, 0.15) is 52.0 Å². The molecule has 0 spiro atoms. The van der Waals surface area contributed by atoms with E-state index in [9.17, 15) is 13.2 Å². The van der Waals surface area contributed by atoms with E-state index in [2.05, 4.69) is 38.2 Å². The molecule has 186 valence electrons. The SMILES string of the molecule is COc1ccc(S(=O)(=O)N2CCC(NC(=O)CCCOc3ccc(C(C)(C)C)cc3)CC2)cc1. The predicted octanol–water partition coefficient (Wildman–Crippen LogP) is 4.12. The largest absolute Gasteiger partial charge is 0.497 e. The average molecular weight is 489 g/mol. The first-order valence-corrected chi connectivity index (χ1v) is 13.2. The van der Waals surface area contributed by atoms with Crippen LogP contribution in [0, 0.1) is 0 Å². The number of sulfonamides is 1. The van der Waals surface area contributed by atoms with E-state index in [0.29, 0.717) is 51.1 Å². The predicted molar refractivity (Wildman–Crippen MR) is 133 cm³/mol. The molecule has 0 atom stereocenters. The zero-order chi connectivity index (χ0) is 24.8. The molecule has 7 nitrogen and oxygen atoms in total. The number of rotatable bonds is 9. The maximum atomic E-state index is 12.9. The van der Waals surface area contributed by atoms with Crippen molar-refractivity contribution in [2.45, 2.75) is 62.8 Å². The quantitative estimate of drug-likeness (QED) is 0.537. The molecule has 1 fully saturated rings. The second-order valence-corrected chi connectivity index (χ2v) is 11.6. The Hall–Kier alpha value is -2.58. The van der Waals surface area contributed by atoms with Crippen LogP contribution in [0.25, 0.3) is 0 Å². The lowest BCUT2D eigenvalue weighted by atomic mass is 9.87. The van der Waals surface area contributed by atoms with Gasteiger partial charge < -0.3 is 14.8 Å². The van der Waals surface area contributed by atoms with Gasteiger partial charge in [-0.25, -0.2) is 8.42 Å². The fraction of sp³-hybridized carbons (Fsp3) is 0.500. The van der Waals surface area contributed by atoms with Crippen molar-refractivity contribution in [2.24, 2.45) is 0 Å². The van der Waals surface area contributed by atoms with Gasteiger partial charge in [0, 0.05) is 25.6 Å². The molecule has 8 heteroatoms. The normalized spacial score (nSPS) is 15.6. The minimum atomic E-state index is -3.55. The molecular weight excluding hydrogens is 452 g/mol. The minimum Gasteiger partial charge on any atom is -0.497 e. The van der Waals surface area contributed by atoms with Crippen molar-refractivity contribution < 1.29 is 22.7 Å². The Labute approximate surface area is 203 Å². The molecule has 2 aromatic rings. The molecule has 1 heterocycles. The Balaban J connectivity index is 1.37. The van der Waals surface area contributed by atoms with Gasteiger partial charge in [0.05, 0.1) is 18.6 Å². The van der Waals surface area contributed by atoms with Crippen LogP contribution < -0.4 is 14.8 Å². The number of carbonyl (C=O) groups excluding carboxylic acids is 1. The number of nitrogens with zero attached hydrogens (tertiary/aromatic N) is 1. The van der Waals surface area contributed by atoms with Gasteiger partial charge in [-0.3, -0.25) is 4.79 Å². The molecule has 0 aromatic heterocycles. The van der Waals surface area contributed by atoms with E-state index in [4.69, 9.17) is 9.47 Å². The van der Waals surface area contributed by atoms with E-state index in [-0.39, 0.29) is 22.3 Å². The van der Waals surface area contributed by atoms with E-state index < -0.39 is 10.0 Å². The summed E-state index contributed by atoms with van der Waals surface area (Å²) in [6.45, 7) is 7.75. The molecule has 0 saturated carbocycles. The van der Waals surface area contributed by atoms with Crippen LogP contribution in [0.2, 0.25) is 0 Å². The average Bonchev–Trinajstić information content (AvgIpc) is 2.82. The topological polar surface area (TPSA) is 84.9 Å². The lowest BCUT2D eigenvalue weighted by Gasteiger charge is -2.31. The Morgan fingerprint density at radius 2 is 1.59 bits per heavy atom. The highest BCUT2D eigenvalue weighted by Crippen LogP contribution is 2.25. The molecule has 34 heavy (non-hydrogen) atoms. The number of ether oxygens (including phenoxy) is 2. The van der Waals surface area contributed by atoms with E-state index in [0.717, 1.165) is 5.75 Å². The summed E-state index contributed by atoms with van der Waals surface area (Å²) in [5.41, 5.74) is 1.36. The van der Waals surface area contributed by atoms with Crippen molar-refractivity contribution in [2.75, 3.05) is 26.8 Å². The summed E-state index contributed by atoms with van der Waals surface area (Å²) >= 11 is 0. The number of hydrogen-bond acceptors (Lipinski definition) is 5. The highest BCUT2D eigenvalue weighted by atomic mass is 32.2. The molecule has 0 radical (unpaired) electrons. The van der Waals surface area contributed by atoms with Crippen molar-refractivity contribution in [3.8, 4) is 11.5 Å². The minimum absolute atomic E-state index is 0.0133. The van der Waals surface area contributed by atoms with E-state index in [1.807, 2.05) is 12.1 Å². The molecule has 1 aliphatic heterocycles. The summed E-state index contributed by atoms with van der Waals surface area (Å²) in [4.78, 5) is 12.6. The summed E-state index contributed by atoms with van der Waals surface area (Å²) in [5, 5.41) is 3.04. The molecule has 1 N–H and O–H groups in total. The molecule has 0 aliphatic carbocycles. The van der Waals surface area contributed by atoms with Crippen LogP contribution >= 0.6 is 0 Å². The van der Waals surface area contributed by atoms with Crippen LogP contribution in [-0.4, -0.2) is 51.5 Å². The Kier molecular flexibility index (Phi) is 8.60. The first-order chi connectivity index (χ1) is 16.1. The zero-order valence-corrected chi connectivity index (χ0v) is 21.4. The van der Waals surface area contributed by atoms with E-state index >= 15 is 0 Å². The maximum absolute atomic E-state index is 12.9. The molecule has 3 rings (SSSR count). The van der Waals surface area contributed by atoms with Gasteiger partial charge in [0.25, 0.3) is 0 Å². The third kappa shape index (κ3) is 6.96. The van der Waals surface area contributed by atoms with Gasteiger partial charge in [-0.1, -0.05) is 32.9 Å². The lowest BCUT2D eigenvalue weighted by Crippen LogP contribution is -2.46. The Morgan fingerprint density at radius 3 is 2.15 bits per heavy atom. The first kappa shape index (κ1) is 26.0. The molecule has 1 saturated heterocycles. The summed E-state index contributed by atoms with van der Waals surface area (Å²) < 4.78 is 38.1. The zero-order valence-electron chi connectivity index (χ0n) is 20.5. The highest BCUT2D eigenvalue weighted by molar-refractivity contribution is 7.89. The summed E-state index contributed by atoms with van der Waals surface area (Å²) in [6, 6.07) is 14.5. The standard InChI is InChI=1S/C26H36N2O5S/c1-26(2,3)20-7-9-23(10-8-20)33-19-5-6-25(29)27-21-15-17-28(18-16-21)34(30,31)24-13-11-22(32-4)12-14-24/h7-14,21H,5-6,15-19H2,1-4H3,(H,27,29). The second kappa shape index (κ2) is 11.2. The van der Waals surface area contributed by atoms with Gasteiger partial charge in [-0.2, -0.15) is 4.31 Å². The van der Waals surface area contributed by atoms with Crippen molar-refractivity contribution in [3.05, 3.63) is 54.1 Å². The smallest absolute Gasteiger partial charge is 0.243 e. The first-order valence-electron chi connectivity index (χ1n) is 11.8. The number of benzene rings is 2. The summed E-state index contributed by atoms with van der Waals surface area (Å²) in [6.07, 6.45) is 2.19. The van der Waals surface area contributed by atoms with Gasteiger partial charge in [0.15, 0.2) is 0 Å². The molecule has 1 amide bonds. The number of piperidine rings is 1. The van der Waals surface area contributed by atoms with Crippen LogP contribution in [0.3, 0.4) is 0 Å². The third-order valence-electron chi connectivity index (χ3n) is 6.05. The maximum Gasteiger partial charge on any atom is 0.243 e.